The number of hydrogen-bond acceptors (Lipinski definition) is 7. The number of rotatable bonds is 12. The van der Waals surface area contributed by atoms with Gasteiger partial charge in [-0.2, -0.15) is 0 Å². The molecule has 2 N–H and O–H groups in total. The van der Waals surface area contributed by atoms with Gasteiger partial charge in [0.05, 0.1) is 19.2 Å². The van der Waals surface area contributed by atoms with E-state index in [4.69, 9.17) is 9.15 Å². The number of carbonyl (C=O) groups excluding carboxylic acids is 4. The van der Waals surface area contributed by atoms with E-state index in [1.54, 1.807) is 18.2 Å². The second-order valence-electron chi connectivity index (χ2n) is 11.3. The minimum atomic E-state index is -1.75. The molecular formula is C31H35FN4O6. The van der Waals surface area contributed by atoms with Crippen molar-refractivity contribution in [1.29, 1.82) is 0 Å². The van der Waals surface area contributed by atoms with Gasteiger partial charge in [0, 0.05) is 30.0 Å². The Labute approximate surface area is 243 Å². The Hall–Kier alpha value is -4.25. The predicted molar refractivity (Wildman–Crippen MR) is 153 cm³/mol. The number of methoxy groups -OCH3 is 1. The van der Waals surface area contributed by atoms with E-state index < -0.39 is 23.3 Å². The summed E-state index contributed by atoms with van der Waals surface area (Å²) in [5.41, 5.74) is -0.492. The van der Waals surface area contributed by atoms with Crippen LogP contribution in [-0.2, 0) is 16.9 Å². The van der Waals surface area contributed by atoms with Crippen LogP contribution >= 0.6 is 0 Å². The number of benzene rings is 2. The first-order valence-corrected chi connectivity index (χ1v) is 14.1. The number of amides is 4. The zero-order valence-electron chi connectivity index (χ0n) is 24.2. The van der Waals surface area contributed by atoms with Crippen molar-refractivity contribution in [2.45, 2.75) is 44.7 Å². The Morgan fingerprint density at radius 2 is 1.95 bits per heavy atom. The molecule has 2 aromatic carbocycles. The van der Waals surface area contributed by atoms with Crippen molar-refractivity contribution in [3.05, 3.63) is 64.7 Å². The highest BCUT2D eigenvalue weighted by atomic mass is 19.1. The zero-order valence-corrected chi connectivity index (χ0v) is 24.2. The highest BCUT2D eigenvalue weighted by Gasteiger charge is 2.53. The van der Waals surface area contributed by atoms with Crippen molar-refractivity contribution in [3.63, 3.8) is 0 Å². The molecule has 3 heterocycles. The Morgan fingerprint density at radius 1 is 1.17 bits per heavy atom. The van der Waals surface area contributed by atoms with Crippen LogP contribution in [-0.4, -0.2) is 67.7 Å². The van der Waals surface area contributed by atoms with Crippen LogP contribution in [0.1, 0.15) is 64.6 Å². The van der Waals surface area contributed by atoms with Gasteiger partial charge in [0.2, 0.25) is 0 Å². The van der Waals surface area contributed by atoms with Crippen molar-refractivity contribution < 1.29 is 32.7 Å². The van der Waals surface area contributed by atoms with Gasteiger partial charge >= 0.3 is 6.03 Å². The number of hydrogen-bond donors (Lipinski definition) is 2. The number of carbonyl (C=O) groups is 4. The Bertz CT molecular complexity index is 1570. The summed E-state index contributed by atoms with van der Waals surface area (Å²) >= 11 is 0. The molecule has 1 aromatic heterocycles. The minimum Gasteiger partial charge on any atom is -0.497 e. The average molecular weight is 579 g/mol. The standard InChI is InChI=1S/C31H35FN4O6/c1-5-18(10-11-35(2)3)6-9-25(37)23-12-20-13-27(42-26(20)15-24(23)32)31(29(39)33-30(40)34-31)17-36-16-19-7-8-21(41-4)14-22(19)28(36)38/h7-8,12-15,18H,5-6,9-11,16-17H2,1-4H3,(H2,33,34,39,40). The topological polar surface area (TPSA) is 121 Å². The summed E-state index contributed by atoms with van der Waals surface area (Å²) in [6.07, 6.45) is 2.76. The third-order valence-corrected chi connectivity index (χ3v) is 8.23. The van der Waals surface area contributed by atoms with Gasteiger partial charge in [0.25, 0.3) is 11.8 Å². The monoisotopic (exact) mass is 578 g/mol. The third-order valence-electron chi connectivity index (χ3n) is 8.23. The van der Waals surface area contributed by atoms with Gasteiger partial charge in [0.1, 0.15) is 22.9 Å². The quantitative estimate of drug-likeness (QED) is 0.244. The minimum absolute atomic E-state index is 0.0286. The Kier molecular flexibility index (Phi) is 8.05. The van der Waals surface area contributed by atoms with Crippen LogP contribution in [0.4, 0.5) is 9.18 Å². The van der Waals surface area contributed by atoms with Crippen LogP contribution in [0.3, 0.4) is 0 Å². The fourth-order valence-electron chi connectivity index (χ4n) is 5.68. The third kappa shape index (κ3) is 5.48. The lowest BCUT2D eigenvalue weighted by molar-refractivity contribution is -0.125. The number of halogens is 1. The zero-order chi connectivity index (χ0) is 30.2. The maximum absolute atomic E-state index is 15.1. The SMILES string of the molecule is CCC(CCC(=O)c1cc2cc(C3(CN4Cc5ccc(OC)cc5C4=O)NC(=O)NC3=O)oc2cc1F)CCN(C)C. The van der Waals surface area contributed by atoms with Crippen molar-refractivity contribution in [3.8, 4) is 5.75 Å². The predicted octanol–water partition coefficient (Wildman–Crippen LogP) is 4.21. The lowest BCUT2D eigenvalue weighted by Crippen LogP contribution is -2.52. The Balaban J connectivity index is 1.41. The normalized spacial score (nSPS) is 18.9. The maximum Gasteiger partial charge on any atom is 0.322 e. The van der Waals surface area contributed by atoms with Crippen LogP contribution in [0.25, 0.3) is 11.0 Å². The number of Topliss-reactive ketones (excluding diaryl/α,β-unsaturated/α-hetero) is 1. The maximum atomic E-state index is 15.1. The number of fused-ring (bicyclic) bond motifs is 2. The molecule has 3 aromatic rings. The molecule has 2 unspecified atom stereocenters. The van der Waals surface area contributed by atoms with E-state index in [0.717, 1.165) is 31.0 Å². The number of imide groups is 1. The molecular weight excluding hydrogens is 543 g/mol. The number of furan rings is 1. The molecule has 42 heavy (non-hydrogen) atoms. The van der Waals surface area contributed by atoms with Gasteiger partial charge in [0.15, 0.2) is 11.3 Å². The molecule has 0 bridgehead atoms. The van der Waals surface area contributed by atoms with E-state index in [9.17, 15) is 19.2 Å². The highest BCUT2D eigenvalue weighted by Crippen LogP contribution is 2.36. The van der Waals surface area contributed by atoms with Gasteiger partial charge in [-0.05, 0) is 69.2 Å². The summed E-state index contributed by atoms with van der Waals surface area (Å²) < 4.78 is 26.3. The molecule has 2 aliphatic rings. The molecule has 2 aliphatic heterocycles. The number of nitrogens with zero attached hydrogens (tertiary/aromatic N) is 2. The molecule has 1 fully saturated rings. The number of ether oxygens (including phenoxy) is 1. The first kappa shape index (κ1) is 29.2. The first-order valence-electron chi connectivity index (χ1n) is 14.1. The van der Waals surface area contributed by atoms with Crippen molar-refractivity contribution in [1.82, 2.24) is 20.4 Å². The molecule has 0 aliphatic carbocycles. The molecule has 0 spiro atoms. The van der Waals surface area contributed by atoms with E-state index in [-0.39, 0.29) is 48.1 Å². The van der Waals surface area contributed by atoms with Crippen LogP contribution < -0.4 is 15.4 Å². The van der Waals surface area contributed by atoms with Gasteiger partial charge in [-0.25, -0.2) is 9.18 Å². The van der Waals surface area contributed by atoms with E-state index >= 15 is 4.39 Å². The number of nitrogens with one attached hydrogen (secondary N) is 2. The second-order valence-corrected chi connectivity index (χ2v) is 11.3. The molecule has 10 nitrogen and oxygen atoms in total. The molecule has 1 saturated heterocycles. The summed E-state index contributed by atoms with van der Waals surface area (Å²) in [5, 5.41) is 5.26. The molecule has 2 atom stereocenters. The van der Waals surface area contributed by atoms with Crippen LogP contribution in [0, 0.1) is 11.7 Å². The number of ketones is 1. The molecule has 0 saturated carbocycles. The summed E-state index contributed by atoms with van der Waals surface area (Å²) in [6, 6.07) is 8.47. The molecule has 222 valence electrons. The largest absolute Gasteiger partial charge is 0.497 e. The van der Waals surface area contributed by atoms with E-state index in [2.05, 4.69) is 22.5 Å². The lowest BCUT2D eigenvalue weighted by Gasteiger charge is -2.29. The van der Waals surface area contributed by atoms with Crippen molar-refractivity contribution in [2.24, 2.45) is 5.92 Å². The first-order chi connectivity index (χ1) is 20.0. The van der Waals surface area contributed by atoms with Gasteiger partial charge in [-0.15, -0.1) is 0 Å². The van der Waals surface area contributed by atoms with Crippen molar-refractivity contribution >= 4 is 34.6 Å². The van der Waals surface area contributed by atoms with Gasteiger partial charge in [-0.1, -0.05) is 19.4 Å². The summed E-state index contributed by atoms with van der Waals surface area (Å²) in [5.74, 6) is -1.15. The Morgan fingerprint density at radius 3 is 2.62 bits per heavy atom. The lowest BCUT2D eigenvalue weighted by atomic mass is 9.93. The molecule has 0 radical (unpaired) electrons. The summed E-state index contributed by atoms with van der Waals surface area (Å²) in [7, 11) is 5.52. The summed E-state index contributed by atoms with van der Waals surface area (Å²) in [6.45, 7) is 2.99. The molecule has 5 rings (SSSR count). The van der Waals surface area contributed by atoms with E-state index in [1.165, 1.54) is 24.1 Å². The number of urea groups is 1. The second kappa shape index (κ2) is 11.6. The van der Waals surface area contributed by atoms with Gasteiger partial charge in [-0.3, -0.25) is 19.7 Å². The van der Waals surface area contributed by atoms with Gasteiger partial charge < -0.3 is 24.3 Å². The fraction of sp³-hybridized carbons (Fsp3) is 0.419. The van der Waals surface area contributed by atoms with Crippen LogP contribution in [0.2, 0.25) is 0 Å². The molecule has 4 amide bonds. The smallest absolute Gasteiger partial charge is 0.322 e. The van der Waals surface area contributed by atoms with Crippen LogP contribution in [0.15, 0.2) is 40.8 Å². The van der Waals surface area contributed by atoms with E-state index in [1.807, 2.05) is 14.1 Å². The van der Waals surface area contributed by atoms with Crippen LogP contribution in [0.5, 0.6) is 5.75 Å². The van der Waals surface area contributed by atoms with Crippen molar-refractivity contribution in [2.75, 3.05) is 34.3 Å². The highest BCUT2D eigenvalue weighted by molar-refractivity contribution is 6.08. The summed E-state index contributed by atoms with van der Waals surface area (Å²) in [4.78, 5) is 55.4. The average Bonchev–Trinajstić information content (AvgIpc) is 3.60. The van der Waals surface area contributed by atoms with E-state index in [0.29, 0.717) is 29.0 Å². The molecule has 11 heteroatoms. The fourth-order valence-corrected chi connectivity index (χ4v) is 5.68.